The van der Waals surface area contributed by atoms with Crippen LogP contribution in [0, 0.1) is 0 Å². The third kappa shape index (κ3) is 2.79. The third-order valence-corrected chi connectivity index (χ3v) is 2.82. The molecule has 0 radical (unpaired) electrons. The van der Waals surface area contributed by atoms with Gasteiger partial charge in [-0.2, -0.15) is 0 Å². The first-order valence-corrected chi connectivity index (χ1v) is 5.53. The number of thiocarbonyl (C=S) groups is 1. The number of carbonyl (C=O) groups is 1. The van der Waals surface area contributed by atoms with Crippen LogP contribution in [0.15, 0.2) is 0 Å². The van der Waals surface area contributed by atoms with Crippen molar-refractivity contribution in [2.75, 3.05) is 14.2 Å². The molecule has 0 aliphatic rings. The lowest BCUT2D eigenvalue weighted by Gasteiger charge is -2.13. The summed E-state index contributed by atoms with van der Waals surface area (Å²) < 4.78 is 11.1. The van der Waals surface area contributed by atoms with Crippen molar-refractivity contribution in [3.63, 3.8) is 0 Å². The summed E-state index contributed by atoms with van der Waals surface area (Å²) in [6, 6.07) is 0. The normalized spacial score (nSPS) is 12.0. The van der Waals surface area contributed by atoms with Crippen LogP contribution in [0.1, 0.15) is 35.7 Å². The molecule has 1 rings (SSSR count). The van der Waals surface area contributed by atoms with Crippen LogP contribution in [0.5, 0.6) is 0 Å². The number of carbonyl (C=O) groups excluding carboxylic acids is 1. The molecule has 1 atom stereocenters. The van der Waals surface area contributed by atoms with Crippen LogP contribution in [0.2, 0.25) is 0 Å². The highest BCUT2D eigenvalue weighted by molar-refractivity contribution is 7.80. The molecule has 1 aromatic heterocycles. The Bertz CT molecular complexity index is 430. The van der Waals surface area contributed by atoms with E-state index in [0.29, 0.717) is 10.9 Å². The smallest absolute Gasteiger partial charge is 0.377 e. The zero-order valence-corrected chi connectivity index (χ0v) is 11.1. The van der Waals surface area contributed by atoms with E-state index in [0.717, 1.165) is 6.42 Å². The van der Waals surface area contributed by atoms with Gasteiger partial charge in [0.15, 0.2) is 5.05 Å². The van der Waals surface area contributed by atoms with Gasteiger partial charge in [0.1, 0.15) is 5.82 Å². The molecule has 0 aliphatic carbocycles. The van der Waals surface area contributed by atoms with Crippen molar-refractivity contribution in [2.24, 2.45) is 7.05 Å². The first-order valence-electron chi connectivity index (χ1n) is 5.12. The summed E-state index contributed by atoms with van der Waals surface area (Å²) in [7, 11) is 4.51. The van der Waals surface area contributed by atoms with Crippen molar-refractivity contribution in [1.29, 1.82) is 0 Å². The first-order chi connectivity index (χ1) is 8.04. The zero-order valence-electron chi connectivity index (χ0n) is 10.3. The Hall–Kier alpha value is -1.50. The Balaban J connectivity index is 3.08. The second-order valence-corrected chi connectivity index (χ2v) is 3.80. The number of aryl methyl sites for hydroxylation is 1. The largest absolute Gasteiger partial charge is 0.489 e. The number of ether oxygens (including phenoxy) is 2. The van der Waals surface area contributed by atoms with Gasteiger partial charge in [0.2, 0.25) is 0 Å². The van der Waals surface area contributed by atoms with Crippen molar-refractivity contribution in [3.8, 4) is 0 Å². The van der Waals surface area contributed by atoms with Crippen LogP contribution in [0.3, 0.4) is 0 Å². The van der Waals surface area contributed by atoms with E-state index in [1.54, 1.807) is 7.05 Å². The number of rotatable bonds is 4. The number of methoxy groups -OCH3 is 2. The van der Waals surface area contributed by atoms with Gasteiger partial charge in [0, 0.05) is 7.05 Å². The highest BCUT2D eigenvalue weighted by atomic mass is 32.1. The van der Waals surface area contributed by atoms with E-state index in [1.165, 1.54) is 18.9 Å². The second-order valence-electron chi connectivity index (χ2n) is 3.39. The highest BCUT2D eigenvalue weighted by Crippen LogP contribution is 2.20. The summed E-state index contributed by atoms with van der Waals surface area (Å²) >= 11 is 5.10. The lowest BCUT2D eigenvalue weighted by Crippen LogP contribution is -2.16. The van der Waals surface area contributed by atoms with Crippen molar-refractivity contribution >= 4 is 23.2 Å². The first kappa shape index (κ1) is 13.6. The Morgan fingerprint density at radius 1 is 1.47 bits per heavy atom. The molecule has 0 aromatic carbocycles. The van der Waals surface area contributed by atoms with Crippen molar-refractivity contribution in [2.45, 2.75) is 19.3 Å². The molecule has 0 fully saturated rings. The molecular formula is C10H15N3O3S. The van der Waals surface area contributed by atoms with Gasteiger partial charge in [-0.25, -0.2) is 9.78 Å². The standard InChI is InChI=1S/C10H15N3O3S/c1-5-6(10(17)16-4)8-11-7(9(14)15-3)12-13(8)2/h6H,5H2,1-4H3. The van der Waals surface area contributed by atoms with Crippen molar-refractivity contribution in [1.82, 2.24) is 14.8 Å². The Morgan fingerprint density at radius 3 is 2.59 bits per heavy atom. The summed E-state index contributed by atoms with van der Waals surface area (Å²) in [6.07, 6.45) is 0.722. The molecule has 1 unspecified atom stereocenters. The molecule has 7 heteroatoms. The van der Waals surface area contributed by atoms with Crippen molar-refractivity contribution < 1.29 is 14.3 Å². The summed E-state index contributed by atoms with van der Waals surface area (Å²) in [5, 5.41) is 4.41. The molecule has 6 nitrogen and oxygen atoms in total. The fourth-order valence-electron chi connectivity index (χ4n) is 1.47. The number of aromatic nitrogens is 3. The Morgan fingerprint density at radius 2 is 2.12 bits per heavy atom. The highest BCUT2D eigenvalue weighted by Gasteiger charge is 2.24. The molecule has 1 aromatic rings. The lowest BCUT2D eigenvalue weighted by molar-refractivity contribution is 0.0586. The quantitative estimate of drug-likeness (QED) is 0.594. The summed E-state index contributed by atoms with van der Waals surface area (Å²) in [5.41, 5.74) is 0. The summed E-state index contributed by atoms with van der Waals surface area (Å²) in [6.45, 7) is 1.96. The Labute approximate surface area is 105 Å². The molecule has 1 heterocycles. The molecule has 0 N–H and O–H groups in total. The molecule has 0 amide bonds. The molecule has 0 aliphatic heterocycles. The van der Waals surface area contributed by atoms with E-state index in [2.05, 4.69) is 14.8 Å². The molecular weight excluding hydrogens is 242 g/mol. The molecule has 17 heavy (non-hydrogen) atoms. The average molecular weight is 257 g/mol. The van der Waals surface area contributed by atoms with Gasteiger partial charge in [0.05, 0.1) is 20.1 Å². The molecule has 0 saturated heterocycles. The zero-order chi connectivity index (χ0) is 13.0. The molecule has 0 bridgehead atoms. The maximum atomic E-state index is 11.3. The van der Waals surface area contributed by atoms with Gasteiger partial charge < -0.3 is 9.47 Å². The van der Waals surface area contributed by atoms with Crippen LogP contribution in [-0.2, 0) is 16.5 Å². The van der Waals surface area contributed by atoms with E-state index in [-0.39, 0.29) is 11.7 Å². The maximum Gasteiger partial charge on any atom is 0.377 e. The van der Waals surface area contributed by atoms with Gasteiger partial charge in [0.25, 0.3) is 5.82 Å². The minimum absolute atomic E-state index is 0.0300. The number of hydrogen-bond acceptors (Lipinski definition) is 6. The predicted molar refractivity (Wildman–Crippen MR) is 65.0 cm³/mol. The third-order valence-electron chi connectivity index (χ3n) is 2.37. The van der Waals surface area contributed by atoms with Crippen LogP contribution in [0.25, 0.3) is 0 Å². The van der Waals surface area contributed by atoms with E-state index in [9.17, 15) is 4.79 Å². The van der Waals surface area contributed by atoms with Gasteiger partial charge in [-0.05, 0) is 18.6 Å². The summed E-state index contributed by atoms with van der Waals surface area (Å²) in [5.74, 6) is -0.0990. The monoisotopic (exact) mass is 257 g/mol. The molecule has 0 saturated carbocycles. The van der Waals surface area contributed by atoms with Gasteiger partial charge >= 0.3 is 5.97 Å². The van der Waals surface area contributed by atoms with E-state index < -0.39 is 5.97 Å². The van der Waals surface area contributed by atoms with Crippen LogP contribution in [0.4, 0.5) is 0 Å². The lowest BCUT2D eigenvalue weighted by atomic mass is 10.1. The number of esters is 1. The SMILES string of the molecule is CCC(C(=S)OC)c1nc(C(=O)OC)nn1C. The molecule has 0 spiro atoms. The van der Waals surface area contributed by atoms with Crippen LogP contribution in [-0.4, -0.2) is 40.0 Å². The van der Waals surface area contributed by atoms with E-state index in [1.807, 2.05) is 6.92 Å². The second kappa shape index (κ2) is 5.72. The van der Waals surface area contributed by atoms with E-state index in [4.69, 9.17) is 17.0 Å². The minimum Gasteiger partial charge on any atom is -0.489 e. The fraction of sp³-hybridized carbons (Fsp3) is 0.600. The van der Waals surface area contributed by atoms with Gasteiger partial charge in [-0.1, -0.05) is 6.92 Å². The average Bonchev–Trinajstić information content (AvgIpc) is 2.71. The van der Waals surface area contributed by atoms with Crippen molar-refractivity contribution in [3.05, 3.63) is 11.6 Å². The predicted octanol–water partition coefficient (Wildman–Crippen LogP) is 1.07. The fourth-order valence-corrected chi connectivity index (χ4v) is 1.75. The van der Waals surface area contributed by atoms with Gasteiger partial charge in [-0.15, -0.1) is 5.10 Å². The Kier molecular flexibility index (Phi) is 4.56. The van der Waals surface area contributed by atoms with Crippen LogP contribution >= 0.6 is 12.2 Å². The maximum absolute atomic E-state index is 11.3. The van der Waals surface area contributed by atoms with Gasteiger partial charge in [-0.3, -0.25) is 4.68 Å². The van der Waals surface area contributed by atoms with E-state index >= 15 is 0 Å². The number of nitrogens with zero attached hydrogens (tertiary/aromatic N) is 3. The minimum atomic E-state index is -0.565. The topological polar surface area (TPSA) is 66.2 Å². The number of hydrogen-bond donors (Lipinski definition) is 0. The molecule has 94 valence electrons. The summed E-state index contributed by atoms with van der Waals surface area (Å²) in [4.78, 5) is 15.4. The van der Waals surface area contributed by atoms with Crippen LogP contribution < -0.4 is 0 Å².